The number of benzene rings is 3. The van der Waals surface area contributed by atoms with E-state index < -0.39 is 0 Å². The van der Waals surface area contributed by atoms with Crippen LogP contribution < -0.4 is 14.2 Å². The largest absolute Gasteiger partial charge is 0.485 e. The highest BCUT2D eigenvalue weighted by Crippen LogP contribution is 2.35. The quantitative estimate of drug-likeness (QED) is 0.210. The van der Waals surface area contributed by atoms with Gasteiger partial charge in [0.05, 0.1) is 29.6 Å². The van der Waals surface area contributed by atoms with Gasteiger partial charge in [-0.15, -0.1) is 0 Å². The van der Waals surface area contributed by atoms with Crippen LogP contribution in [0, 0.1) is 11.3 Å². The number of ether oxygens (including phenoxy) is 3. The van der Waals surface area contributed by atoms with Gasteiger partial charge in [-0.25, -0.2) is 0 Å². The minimum atomic E-state index is 0.0789. The van der Waals surface area contributed by atoms with Crippen molar-refractivity contribution in [2.75, 3.05) is 20.1 Å². The van der Waals surface area contributed by atoms with E-state index in [0.717, 1.165) is 30.1 Å². The molecule has 5 aromatic rings. The summed E-state index contributed by atoms with van der Waals surface area (Å²) in [5.74, 6) is 2.47. The van der Waals surface area contributed by atoms with Crippen LogP contribution in [0.3, 0.4) is 0 Å². The minimum absolute atomic E-state index is 0.0789. The zero-order valence-electron chi connectivity index (χ0n) is 22.8. The van der Waals surface area contributed by atoms with E-state index in [4.69, 9.17) is 14.2 Å². The van der Waals surface area contributed by atoms with Crippen LogP contribution in [0.4, 0.5) is 0 Å². The third-order valence-corrected chi connectivity index (χ3v) is 6.49. The van der Waals surface area contributed by atoms with Gasteiger partial charge >= 0.3 is 6.01 Å². The van der Waals surface area contributed by atoms with Crippen molar-refractivity contribution in [1.29, 1.82) is 5.26 Å². The van der Waals surface area contributed by atoms with Gasteiger partial charge in [0.1, 0.15) is 18.2 Å². The molecule has 0 aliphatic carbocycles. The van der Waals surface area contributed by atoms with Gasteiger partial charge < -0.3 is 19.1 Å². The Balaban J connectivity index is 1.33. The third kappa shape index (κ3) is 6.18. The first-order valence-electron chi connectivity index (χ1n) is 13.4. The smallest absolute Gasteiger partial charge is 0.325 e. The molecule has 0 spiro atoms. The summed E-state index contributed by atoms with van der Waals surface area (Å²) in [6.07, 6.45) is 1.69. The second kappa shape index (κ2) is 12.2. The molecule has 0 saturated heterocycles. The highest BCUT2D eigenvalue weighted by atomic mass is 16.5. The first-order chi connectivity index (χ1) is 20.6. The molecule has 1 aliphatic rings. The molecule has 3 aromatic carbocycles. The van der Waals surface area contributed by atoms with Crippen LogP contribution in [-0.4, -0.2) is 45.8 Å². The number of amidine groups is 1. The van der Waals surface area contributed by atoms with E-state index in [1.807, 2.05) is 79.8 Å². The molecule has 0 radical (unpaired) electrons. The molecule has 3 heterocycles. The number of hydrogen-bond acceptors (Lipinski definition) is 9. The molecule has 206 valence electrons. The van der Waals surface area contributed by atoms with Crippen LogP contribution in [0.5, 0.6) is 29.1 Å². The Bertz CT molecular complexity index is 1770. The lowest BCUT2D eigenvalue weighted by atomic mass is 10.2. The van der Waals surface area contributed by atoms with E-state index in [1.165, 1.54) is 0 Å². The lowest BCUT2D eigenvalue weighted by Crippen LogP contribution is -2.23. The fraction of sp³-hybridized carbons (Fsp3) is 0.121. The van der Waals surface area contributed by atoms with Crippen molar-refractivity contribution in [3.8, 4) is 46.6 Å². The van der Waals surface area contributed by atoms with Crippen LogP contribution in [0.15, 0.2) is 108 Å². The standard InChI is InChI=1S/C33H26N6O3/c1-39-17-16-36-32(39)25-10-7-11-26(19-25)41-33-37-28(27-12-5-6-15-35-27)20-31(38-33)42-30-18-24(21-34)13-14-29(30)40-22-23-8-3-2-4-9-23/h2-15,18-20H,16-17,22H2,1H3. The third-order valence-electron chi connectivity index (χ3n) is 6.49. The minimum Gasteiger partial charge on any atom is -0.485 e. The van der Waals surface area contributed by atoms with Gasteiger partial charge in [0.15, 0.2) is 11.5 Å². The molecule has 0 fully saturated rings. The molecule has 6 rings (SSSR count). The van der Waals surface area contributed by atoms with Gasteiger partial charge in [0, 0.05) is 37.5 Å². The van der Waals surface area contributed by atoms with Crippen molar-refractivity contribution in [1.82, 2.24) is 19.9 Å². The number of pyridine rings is 1. The summed E-state index contributed by atoms with van der Waals surface area (Å²) >= 11 is 0. The van der Waals surface area contributed by atoms with Gasteiger partial charge in [-0.2, -0.15) is 15.2 Å². The zero-order chi connectivity index (χ0) is 28.7. The Labute approximate surface area is 243 Å². The molecule has 0 bridgehead atoms. The van der Waals surface area contributed by atoms with E-state index in [-0.39, 0.29) is 11.9 Å². The monoisotopic (exact) mass is 554 g/mol. The predicted octanol–water partition coefficient (Wildman–Crippen LogP) is 6.27. The maximum absolute atomic E-state index is 9.53. The maximum Gasteiger partial charge on any atom is 0.325 e. The Kier molecular flexibility index (Phi) is 7.68. The molecule has 0 unspecified atom stereocenters. The van der Waals surface area contributed by atoms with Gasteiger partial charge in [0.2, 0.25) is 5.88 Å². The maximum atomic E-state index is 9.53. The lowest BCUT2D eigenvalue weighted by Gasteiger charge is -2.15. The topological polar surface area (TPSA) is 106 Å². The molecule has 2 aromatic heterocycles. The van der Waals surface area contributed by atoms with Crippen molar-refractivity contribution in [3.63, 3.8) is 0 Å². The number of aromatic nitrogens is 3. The molecule has 0 saturated carbocycles. The van der Waals surface area contributed by atoms with Gasteiger partial charge in [-0.3, -0.25) is 9.98 Å². The fourth-order valence-electron chi connectivity index (χ4n) is 4.42. The zero-order valence-corrected chi connectivity index (χ0v) is 22.8. The van der Waals surface area contributed by atoms with Crippen molar-refractivity contribution in [2.24, 2.45) is 4.99 Å². The number of rotatable bonds is 9. The Morgan fingerprint density at radius 2 is 1.71 bits per heavy atom. The van der Waals surface area contributed by atoms with Gasteiger partial charge in [-0.05, 0) is 42.0 Å². The predicted molar refractivity (Wildman–Crippen MR) is 158 cm³/mol. The van der Waals surface area contributed by atoms with Gasteiger partial charge in [0.25, 0.3) is 0 Å². The summed E-state index contributed by atoms with van der Waals surface area (Å²) in [7, 11) is 2.02. The summed E-state index contributed by atoms with van der Waals surface area (Å²) in [6, 6.07) is 31.9. The van der Waals surface area contributed by atoms with E-state index in [9.17, 15) is 5.26 Å². The molecule has 0 N–H and O–H groups in total. The molecule has 0 atom stereocenters. The number of nitrogens with zero attached hydrogens (tertiary/aromatic N) is 6. The summed E-state index contributed by atoms with van der Waals surface area (Å²) in [5.41, 5.74) is 3.49. The van der Waals surface area contributed by atoms with E-state index in [0.29, 0.717) is 40.8 Å². The first-order valence-corrected chi connectivity index (χ1v) is 13.4. The van der Waals surface area contributed by atoms with Crippen LogP contribution in [0.1, 0.15) is 16.7 Å². The number of hydrogen-bond donors (Lipinski definition) is 0. The van der Waals surface area contributed by atoms with E-state index in [1.54, 1.807) is 30.5 Å². The van der Waals surface area contributed by atoms with Crippen LogP contribution in [0.25, 0.3) is 11.4 Å². The summed E-state index contributed by atoms with van der Waals surface area (Å²) in [6.45, 7) is 1.97. The Morgan fingerprint density at radius 1 is 0.833 bits per heavy atom. The lowest BCUT2D eigenvalue weighted by molar-refractivity contribution is 0.289. The molecular weight excluding hydrogens is 528 g/mol. The SMILES string of the molecule is CN1CCN=C1c1cccc(Oc2nc(Oc3cc(C#N)ccc3OCc3ccccc3)cc(-c3ccccn3)n2)c1. The van der Waals surface area contributed by atoms with E-state index in [2.05, 4.69) is 30.9 Å². The molecule has 0 amide bonds. The van der Waals surface area contributed by atoms with Crippen molar-refractivity contribution < 1.29 is 14.2 Å². The van der Waals surface area contributed by atoms with Crippen LogP contribution >= 0.6 is 0 Å². The normalized spacial score (nSPS) is 12.4. The van der Waals surface area contributed by atoms with Crippen molar-refractivity contribution in [2.45, 2.75) is 6.61 Å². The second-order valence-corrected chi connectivity index (χ2v) is 9.50. The number of nitriles is 1. The molecule has 9 nitrogen and oxygen atoms in total. The average Bonchev–Trinajstić information content (AvgIpc) is 3.47. The van der Waals surface area contributed by atoms with Crippen molar-refractivity contribution >= 4 is 5.84 Å². The molecule has 42 heavy (non-hydrogen) atoms. The highest BCUT2D eigenvalue weighted by molar-refractivity contribution is 5.99. The molecule has 9 heteroatoms. The first kappa shape index (κ1) is 26.5. The highest BCUT2D eigenvalue weighted by Gasteiger charge is 2.17. The van der Waals surface area contributed by atoms with Crippen LogP contribution in [0.2, 0.25) is 0 Å². The summed E-state index contributed by atoms with van der Waals surface area (Å²) in [4.78, 5) is 20.3. The number of likely N-dealkylation sites (N-methyl/N-ethyl adjacent to an activating group) is 1. The van der Waals surface area contributed by atoms with Crippen molar-refractivity contribution in [3.05, 3.63) is 120 Å². The van der Waals surface area contributed by atoms with Crippen LogP contribution in [-0.2, 0) is 6.61 Å². The molecule has 1 aliphatic heterocycles. The fourth-order valence-corrected chi connectivity index (χ4v) is 4.42. The molecular formula is C33H26N6O3. The second-order valence-electron chi connectivity index (χ2n) is 9.50. The van der Waals surface area contributed by atoms with E-state index >= 15 is 0 Å². The summed E-state index contributed by atoms with van der Waals surface area (Å²) < 4.78 is 18.5. The average molecular weight is 555 g/mol. The Hall–Kier alpha value is -5.75. The van der Waals surface area contributed by atoms with Gasteiger partial charge in [-0.1, -0.05) is 48.5 Å². The Morgan fingerprint density at radius 3 is 2.50 bits per heavy atom. The number of aliphatic imine (C=N–C) groups is 1. The summed E-state index contributed by atoms with van der Waals surface area (Å²) in [5, 5.41) is 9.53.